The first-order valence-electron chi connectivity index (χ1n) is 2.41. The van der Waals surface area contributed by atoms with Crippen LogP contribution in [0.3, 0.4) is 0 Å². The van der Waals surface area contributed by atoms with Crippen molar-refractivity contribution in [3.8, 4) is 0 Å². The summed E-state index contributed by atoms with van der Waals surface area (Å²) in [6, 6.07) is 0. The number of hydrogen-bond acceptors (Lipinski definition) is 4. The highest BCUT2D eigenvalue weighted by atomic mass is 32.2. The predicted octanol–water partition coefficient (Wildman–Crippen LogP) is -1.44. The summed E-state index contributed by atoms with van der Waals surface area (Å²) in [4.78, 5) is 16.4. The van der Waals surface area contributed by atoms with Crippen molar-refractivity contribution in [2.45, 2.75) is 0 Å². The van der Waals surface area contributed by atoms with Crippen LogP contribution in [0.5, 0.6) is 0 Å². The molecule has 4 N–H and O–H groups in total. The van der Waals surface area contributed by atoms with Crippen molar-refractivity contribution in [3.05, 3.63) is 0 Å². The lowest BCUT2D eigenvalue weighted by Gasteiger charge is -2.03. The van der Waals surface area contributed by atoms with Gasteiger partial charge in [0, 0.05) is 0 Å². The van der Waals surface area contributed by atoms with Crippen molar-refractivity contribution in [3.63, 3.8) is 0 Å². The average Bonchev–Trinajstić information content (AvgIpc) is 1.55. The van der Waals surface area contributed by atoms with Gasteiger partial charge in [-0.05, 0) is 0 Å². The van der Waals surface area contributed by atoms with Crippen LogP contribution >= 0.6 is 7.60 Å². The van der Waals surface area contributed by atoms with Gasteiger partial charge in [0.25, 0.3) is 10.1 Å². The zero-order valence-electron chi connectivity index (χ0n) is 5.34. The first kappa shape index (κ1) is 11.0. The van der Waals surface area contributed by atoms with Gasteiger partial charge in [-0.25, -0.2) is 0 Å². The van der Waals surface area contributed by atoms with Crippen LogP contribution < -0.4 is 5.32 Å². The van der Waals surface area contributed by atoms with Crippen LogP contribution in [0.15, 0.2) is 0 Å². The zero-order valence-corrected chi connectivity index (χ0v) is 7.05. The molecule has 0 spiro atoms. The maximum Gasteiger partial charge on any atom is 0.339 e. The van der Waals surface area contributed by atoms with Gasteiger partial charge in [-0.3, -0.25) is 14.4 Å². The minimum Gasteiger partial charge on any atom is -0.324 e. The molecule has 0 fully saturated rings. The van der Waals surface area contributed by atoms with Crippen molar-refractivity contribution in [2.24, 2.45) is 0 Å². The van der Waals surface area contributed by atoms with E-state index in [0.29, 0.717) is 0 Å². The van der Waals surface area contributed by atoms with Gasteiger partial charge in [-0.15, -0.1) is 0 Å². The van der Waals surface area contributed by atoms with Crippen molar-refractivity contribution in [1.82, 2.24) is 5.32 Å². The molecule has 0 heterocycles. The van der Waals surface area contributed by atoms with Crippen LogP contribution in [-0.2, 0) is 14.7 Å². The fourth-order valence-electron chi connectivity index (χ4n) is 0.320. The molecule has 0 saturated carbocycles. The Kier molecular flexibility index (Phi) is 3.62. The lowest BCUT2D eigenvalue weighted by atomic mass is 11.2. The van der Waals surface area contributed by atoms with Gasteiger partial charge < -0.3 is 9.79 Å². The molecule has 0 bridgehead atoms. The third-order valence-electron chi connectivity index (χ3n) is 0.602. The highest BCUT2D eigenvalue weighted by molar-refractivity contribution is 7.85. The minimum atomic E-state index is -4.24. The standard InChI is InChI=1S/C2H8NO6PS/c4-10(5,6)1-3-2-11(7,8)9/h3H,1-2H2,(H2,4,5,6)(H,7,8,9). The van der Waals surface area contributed by atoms with Crippen molar-refractivity contribution < 1.29 is 27.3 Å². The zero-order chi connectivity index (χ0) is 9.12. The van der Waals surface area contributed by atoms with Gasteiger partial charge >= 0.3 is 7.60 Å². The lowest BCUT2D eigenvalue weighted by Crippen LogP contribution is -2.23. The molecule has 11 heavy (non-hydrogen) atoms. The molecule has 0 aliphatic heterocycles. The largest absolute Gasteiger partial charge is 0.339 e. The second-order valence-electron chi connectivity index (χ2n) is 1.80. The van der Waals surface area contributed by atoms with E-state index in [4.69, 9.17) is 14.3 Å². The van der Waals surface area contributed by atoms with E-state index in [1.807, 2.05) is 5.32 Å². The SMILES string of the molecule is O=P(O)(O)CNCS(=O)(=O)O. The summed E-state index contributed by atoms with van der Waals surface area (Å²) in [7, 11) is -8.44. The number of hydrogen-bond donors (Lipinski definition) is 4. The minimum absolute atomic E-state index is 0.771. The summed E-state index contributed by atoms with van der Waals surface area (Å²) < 4.78 is 38.1. The van der Waals surface area contributed by atoms with E-state index in [1.165, 1.54) is 0 Å². The normalized spacial score (nSPS) is 13.4. The summed E-state index contributed by atoms with van der Waals surface area (Å²) in [5.74, 6) is -0.863. The topological polar surface area (TPSA) is 124 Å². The smallest absolute Gasteiger partial charge is 0.324 e. The van der Waals surface area contributed by atoms with Crippen LogP contribution in [0.2, 0.25) is 0 Å². The van der Waals surface area contributed by atoms with E-state index in [-0.39, 0.29) is 0 Å². The van der Waals surface area contributed by atoms with Gasteiger partial charge in [-0.1, -0.05) is 0 Å². The molecule has 0 aromatic rings. The van der Waals surface area contributed by atoms with Crippen LogP contribution in [-0.4, -0.2) is 34.9 Å². The molecule has 0 rings (SSSR count). The van der Waals surface area contributed by atoms with E-state index in [1.54, 1.807) is 0 Å². The molecule has 0 aromatic heterocycles. The summed E-state index contributed by atoms with van der Waals surface area (Å²) >= 11 is 0. The number of nitrogens with one attached hydrogen (secondary N) is 1. The van der Waals surface area contributed by atoms with Gasteiger partial charge in [0.1, 0.15) is 5.88 Å². The Morgan fingerprint density at radius 3 is 2.09 bits per heavy atom. The fraction of sp³-hybridized carbons (Fsp3) is 1.00. The quantitative estimate of drug-likeness (QED) is 0.327. The average molecular weight is 205 g/mol. The maximum atomic E-state index is 10.1. The fourth-order valence-corrected chi connectivity index (χ4v) is 1.23. The summed E-state index contributed by atoms with van der Waals surface area (Å²) in [6.45, 7) is 0. The Balaban J connectivity index is 3.70. The van der Waals surface area contributed by atoms with Crippen LogP contribution in [0.4, 0.5) is 0 Å². The monoisotopic (exact) mass is 205 g/mol. The Morgan fingerprint density at radius 1 is 1.36 bits per heavy atom. The van der Waals surface area contributed by atoms with Crippen LogP contribution in [0, 0.1) is 0 Å². The van der Waals surface area contributed by atoms with Crippen molar-refractivity contribution >= 4 is 17.7 Å². The van der Waals surface area contributed by atoms with E-state index in [9.17, 15) is 13.0 Å². The highest BCUT2D eigenvalue weighted by Crippen LogP contribution is 2.31. The molecule has 7 nitrogen and oxygen atoms in total. The van der Waals surface area contributed by atoms with Gasteiger partial charge in [-0.2, -0.15) is 8.42 Å². The molecular weight excluding hydrogens is 197 g/mol. The van der Waals surface area contributed by atoms with Crippen molar-refractivity contribution in [2.75, 3.05) is 12.2 Å². The van der Waals surface area contributed by atoms with E-state index >= 15 is 0 Å². The molecule has 68 valence electrons. The molecule has 0 unspecified atom stereocenters. The maximum absolute atomic E-state index is 10.1. The Bertz CT molecular complexity index is 252. The Hall–Kier alpha value is 0.0200. The molecule has 0 radical (unpaired) electrons. The van der Waals surface area contributed by atoms with Crippen molar-refractivity contribution in [1.29, 1.82) is 0 Å². The molecule has 0 amide bonds. The van der Waals surface area contributed by atoms with E-state index in [2.05, 4.69) is 0 Å². The van der Waals surface area contributed by atoms with Crippen LogP contribution in [0.1, 0.15) is 0 Å². The van der Waals surface area contributed by atoms with Gasteiger partial charge in [0.05, 0.1) is 6.29 Å². The Labute approximate surface area is 63.3 Å². The van der Waals surface area contributed by atoms with E-state index in [0.717, 1.165) is 0 Å². The van der Waals surface area contributed by atoms with Crippen LogP contribution in [0.25, 0.3) is 0 Å². The second kappa shape index (κ2) is 3.61. The predicted molar refractivity (Wildman–Crippen MR) is 36.5 cm³/mol. The molecule has 0 aliphatic rings. The van der Waals surface area contributed by atoms with E-state index < -0.39 is 29.9 Å². The Morgan fingerprint density at radius 2 is 1.82 bits per heavy atom. The molecule has 0 aliphatic carbocycles. The number of rotatable bonds is 4. The molecule has 0 saturated heterocycles. The third-order valence-corrected chi connectivity index (χ3v) is 1.81. The molecular formula is C2H8NO6PS. The second-order valence-corrected chi connectivity index (χ2v) is 4.90. The van der Waals surface area contributed by atoms with Gasteiger partial charge in [0.2, 0.25) is 0 Å². The summed E-state index contributed by atoms with van der Waals surface area (Å²) in [5, 5.41) is 1.86. The molecule has 0 atom stereocenters. The summed E-state index contributed by atoms with van der Waals surface area (Å²) in [6.07, 6.45) is -0.771. The third kappa shape index (κ3) is 10.0. The first-order valence-corrected chi connectivity index (χ1v) is 5.82. The lowest BCUT2D eigenvalue weighted by molar-refractivity contribution is 0.369. The summed E-state index contributed by atoms with van der Waals surface area (Å²) in [5.41, 5.74) is 0. The molecule has 0 aromatic carbocycles. The first-order chi connectivity index (χ1) is 4.71. The van der Waals surface area contributed by atoms with Gasteiger partial charge in [0.15, 0.2) is 0 Å². The highest BCUT2D eigenvalue weighted by Gasteiger charge is 2.13. The molecule has 9 heteroatoms.